The zero-order chi connectivity index (χ0) is 19.2. The van der Waals surface area contributed by atoms with Crippen LogP contribution in [0.2, 0.25) is 0 Å². The van der Waals surface area contributed by atoms with Crippen LogP contribution in [0.1, 0.15) is 48.9 Å². The third-order valence-electron chi connectivity index (χ3n) is 6.07. The molecule has 0 amide bonds. The quantitative estimate of drug-likeness (QED) is 0.508. The van der Waals surface area contributed by atoms with E-state index < -0.39 is 0 Å². The van der Waals surface area contributed by atoms with E-state index in [9.17, 15) is 4.79 Å². The van der Waals surface area contributed by atoms with Crippen LogP contribution in [0.4, 0.5) is 0 Å². The number of para-hydroxylation sites is 1. The molecule has 0 saturated heterocycles. The molecule has 4 rings (SSSR count). The summed E-state index contributed by atoms with van der Waals surface area (Å²) in [5, 5.41) is 0. The summed E-state index contributed by atoms with van der Waals surface area (Å²) in [7, 11) is 0. The first-order chi connectivity index (χ1) is 13.8. The highest BCUT2D eigenvalue weighted by Gasteiger charge is 2.37. The Kier molecular flexibility index (Phi) is 6.27. The summed E-state index contributed by atoms with van der Waals surface area (Å²) in [6, 6.07) is 19.1. The molecular formula is C24H28O4. The first-order valence-electron chi connectivity index (χ1n) is 10.3. The van der Waals surface area contributed by atoms with Crippen molar-refractivity contribution in [3.05, 3.63) is 66.2 Å². The summed E-state index contributed by atoms with van der Waals surface area (Å²) in [6.45, 7) is 0.309. The molecule has 28 heavy (non-hydrogen) atoms. The van der Waals surface area contributed by atoms with Gasteiger partial charge in [0, 0.05) is 0 Å². The van der Waals surface area contributed by atoms with Crippen molar-refractivity contribution in [1.82, 2.24) is 0 Å². The van der Waals surface area contributed by atoms with Gasteiger partial charge in [-0.3, -0.25) is 0 Å². The number of carbonyl (C=O) groups is 1. The fourth-order valence-corrected chi connectivity index (χ4v) is 4.57. The van der Waals surface area contributed by atoms with E-state index in [2.05, 4.69) is 0 Å². The number of carbonyl (C=O) groups excluding carboxylic acids is 1. The van der Waals surface area contributed by atoms with Crippen LogP contribution in [-0.4, -0.2) is 25.0 Å². The lowest BCUT2D eigenvalue weighted by atomic mass is 9.69. The molecule has 2 fully saturated rings. The third-order valence-corrected chi connectivity index (χ3v) is 6.07. The highest BCUT2D eigenvalue weighted by atomic mass is 16.7. The van der Waals surface area contributed by atoms with Crippen LogP contribution in [0.3, 0.4) is 0 Å². The van der Waals surface area contributed by atoms with Crippen LogP contribution in [-0.2, 0) is 9.47 Å². The average Bonchev–Trinajstić information content (AvgIpc) is 2.75. The van der Waals surface area contributed by atoms with Crippen molar-refractivity contribution in [2.24, 2.45) is 11.8 Å². The molecule has 2 aliphatic carbocycles. The second kappa shape index (κ2) is 9.24. The topological polar surface area (TPSA) is 44.8 Å². The SMILES string of the molecule is O=C(OC1CCC2CC(OCOc3ccccc3)CCC2C1)c1ccccc1. The molecule has 148 valence electrons. The maximum Gasteiger partial charge on any atom is 0.338 e. The van der Waals surface area contributed by atoms with Crippen molar-refractivity contribution in [3.63, 3.8) is 0 Å². The van der Waals surface area contributed by atoms with E-state index >= 15 is 0 Å². The lowest BCUT2D eigenvalue weighted by Crippen LogP contribution is -2.37. The first-order valence-corrected chi connectivity index (χ1v) is 10.3. The summed E-state index contributed by atoms with van der Waals surface area (Å²) < 4.78 is 17.4. The number of benzene rings is 2. The smallest absolute Gasteiger partial charge is 0.338 e. The highest BCUT2D eigenvalue weighted by molar-refractivity contribution is 5.89. The lowest BCUT2D eigenvalue weighted by Gasteiger charge is -2.41. The molecule has 2 aromatic carbocycles. The first kappa shape index (κ1) is 19.0. The van der Waals surface area contributed by atoms with Crippen LogP contribution in [0, 0.1) is 11.8 Å². The Morgan fingerprint density at radius 1 is 0.786 bits per heavy atom. The Hall–Kier alpha value is -2.33. The van der Waals surface area contributed by atoms with Crippen molar-refractivity contribution in [2.75, 3.05) is 6.79 Å². The van der Waals surface area contributed by atoms with Crippen molar-refractivity contribution >= 4 is 5.97 Å². The fraction of sp³-hybridized carbons (Fsp3) is 0.458. The second-order valence-electron chi connectivity index (χ2n) is 7.90. The molecular weight excluding hydrogens is 352 g/mol. The molecule has 4 unspecified atom stereocenters. The Bertz CT molecular complexity index is 746. The Labute approximate surface area is 166 Å². The minimum Gasteiger partial charge on any atom is -0.468 e. The number of hydrogen-bond acceptors (Lipinski definition) is 4. The summed E-state index contributed by atoms with van der Waals surface area (Å²) >= 11 is 0. The average molecular weight is 380 g/mol. The summed E-state index contributed by atoms with van der Waals surface area (Å²) in [4.78, 5) is 12.3. The second-order valence-corrected chi connectivity index (χ2v) is 7.90. The maximum atomic E-state index is 12.3. The molecule has 2 saturated carbocycles. The van der Waals surface area contributed by atoms with Gasteiger partial charge in [0.2, 0.25) is 0 Å². The zero-order valence-corrected chi connectivity index (χ0v) is 16.2. The van der Waals surface area contributed by atoms with E-state index in [1.165, 1.54) is 0 Å². The van der Waals surface area contributed by atoms with Crippen molar-refractivity contribution in [1.29, 1.82) is 0 Å². The predicted octanol–water partition coefficient (Wildman–Crippen LogP) is 5.23. The van der Waals surface area contributed by atoms with Gasteiger partial charge in [0.1, 0.15) is 11.9 Å². The van der Waals surface area contributed by atoms with E-state index in [0.717, 1.165) is 44.3 Å². The number of fused-ring (bicyclic) bond motifs is 1. The van der Waals surface area contributed by atoms with E-state index in [-0.39, 0.29) is 18.2 Å². The molecule has 0 bridgehead atoms. The van der Waals surface area contributed by atoms with Crippen LogP contribution in [0.5, 0.6) is 5.75 Å². The molecule has 0 aliphatic heterocycles. The summed E-state index contributed by atoms with van der Waals surface area (Å²) in [5.74, 6) is 1.95. The minimum absolute atomic E-state index is 0.0489. The van der Waals surface area contributed by atoms with E-state index in [1.807, 2.05) is 60.7 Å². The number of rotatable bonds is 6. The predicted molar refractivity (Wildman–Crippen MR) is 107 cm³/mol. The molecule has 0 heterocycles. The number of ether oxygens (including phenoxy) is 3. The normalized spacial score (nSPS) is 26.9. The molecule has 4 atom stereocenters. The molecule has 2 aromatic rings. The monoisotopic (exact) mass is 380 g/mol. The maximum absolute atomic E-state index is 12.3. The molecule has 0 aromatic heterocycles. The van der Waals surface area contributed by atoms with Crippen molar-refractivity contribution < 1.29 is 19.0 Å². The van der Waals surface area contributed by atoms with Gasteiger partial charge in [-0.05, 0) is 74.6 Å². The van der Waals surface area contributed by atoms with Crippen LogP contribution < -0.4 is 4.74 Å². The largest absolute Gasteiger partial charge is 0.468 e. The molecule has 0 radical (unpaired) electrons. The highest BCUT2D eigenvalue weighted by Crippen LogP contribution is 2.42. The summed E-state index contributed by atoms with van der Waals surface area (Å²) in [5.41, 5.74) is 0.639. The van der Waals surface area contributed by atoms with Crippen LogP contribution in [0.25, 0.3) is 0 Å². The zero-order valence-electron chi connectivity index (χ0n) is 16.2. The van der Waals surface area contributed by atoms with E-state index in [4.69, 9.17) is 14.2 Å². The van der Waals surface area contributed by atoms with Gasteiger partial charge in [0.25, 0.3) is 0 Å². The van der Waals surface area contributed by atoms with Gasteiger partial charge < -0.3 is 14.2 Å². The van der Waals surface area contributed by atoms with E-state index in [1.54, 1.807) is 0 Å². The fourth-order valence-electron chi connectivity index (χ4n) is 4.57. The van der Waals surface area contributed by atoms with Gasteiger partial charge in [-0.25, -0.2) is 4.79 Å². The molecule has 0 N–H and O–H groups in total. The van der Waals surface area contributed by atoms with Gasteiger partial charge in [0.15, 0.2) is 6.79 Å². The van der Waals surface area contributed by atoms with Gasteiger partial charge in [-0.2, -0.15) is 0 Å². The van der Waals surface area contributed by atoms with E-state index in [0.29, 0.717) is 24.2 Å². The minimum atomic E-state index is -0.195. The molecule has 2 aliphatic rings. The standard InChI is InChI=1S/C24H28O4/c25-24(18-7-3-1-4-8-18)28-23-14-12-19-15-22(13-11-20(19)16-23)27-17-26-21-9-5-2-6-10-21/h1-10,19-20,22-23H,11-17H2. The Morgan fingerprint density at radius 3 is 2.11 bits per heavy atom. The van der Waals surface area contributed by atoms with Crippen LogP contribution >= 0.6 is 0 Å². The number of hydrogen-bond donors (Lipinski definition) is 0. The van der Waals surface area contributed by atoms with Crippen molar-refractivity contribution in [3.8, 4) is 5.75 Å². The van der Waals surface area contributed by atoms with Gasteiger partial charge >= 0.3 is 5.97 Å². The Balaban J connectivity index is 1.20. The van der Waals surface area contributed by atoms with Crippen LogP contribution in [0.15, 0.2) is 60.7 Å². The van der Waals surface area contributed by atoms with Gasteiger partial charge in [0.05, 0.1) is 11.7 Å². The molecule has 0 spiro atoms. The van der Waals surface area contributed by atoms with Crippen molar-refractivity contribution in [2.45, 2.75) is 50.7 Å². The third kappa shape index (κ3) is 4.93. The summed E-state index contributed by atoms with van der Waals surface area (Å²) in [6.07, 6.45) is 6.64. The Morgan fingerprint density at radius 2 is 1.39 bits per heavy atom. The number of esters is 1. The lowest BCUT2D eigenvalue weighted by molar-refractivity contribution is -0.0798. The van der Waals surface area contributed by atoms with Gasteiger partial charge in [-0.1, -0.05) is 36.4 Å². The van der Waals surface area contributed by atoms with Gasteiger partial charge in [-0.15, -0.1) is 0 Å². The molecule has 4 nitrogen and oxygen atoms in total. The molecule has 4 heteroatoms.